The number of carbonyl (C=O) groups is 3. The molecule has 2 N–H and O–H groups in total. The third kappa shape index (κ3) is 7.97. The van der Waals surface area contributed by atoms with Crippen LogP contribution in [0.15, 0.2) is 0 Å². The summed E-state index contributed by atoms with van der Waals surface area (Å²) in [4.78, 5) is 32.5. The Morgan fingerprint density at radius 3 is 2.39 bits per heavy atom. The van der Waals surface area contributed by atoms with Gasteiger partial charge in [-0.3, -0.25) is 14.4 Å². The second-order valence-electron chi connectivity index (χ2n) is 3.45. The number of carboxylic acid groups (broad SMARTS) is 2. The van der Waals surface area contributed by atoms with E-state index in [1.54, 1.807) is 6.92 Å². The van der Waals surface area contributed by atoms with Crippen LogP contribution >= 0.6 is 23.5 Å². The fourth-order valence-corrected chi connectivity index (χ4v) is 2.98. The Morgan fingerprint density at radius 1 is 1.33 bits per heavy atom. The molecule has 0 radical (unpaired) electrons. The number of carboxylic acids is 2. The number of carbonyl (C=O) groups excluding carboxylic acids is 1. The molecule has 0 bridgehead atoms. The van der Waals surface area contributed by atoms with E-state index >= 15 is 0 Å². The van der Waals surface area contributed by atoms with Crippen LogP contribution in [0.1, 0.15) is 19.8 Å². The number of hydrogen-bond donors (Lipinski definition) is 2. The van der Waals surface area contributed by atoms with Gasteiger partial charge in [0, 0.05) is 11.7 Å². The van der Waals surface area contributed by atoms with E-state index in [9.17, 15) is 14.4 Å². The maximum Gasteiger partial charge on any atom is 0.317 e. The van der Waals surface area contributed by atoms with E-state index in [1.807, 2.05) is 6.07 Å². The molecule has 0 aliphatic rings. The number of nitriles is 1. The second-order valence-corrected chi connectivity index (χ2v) is 5.95. The summed E-state index contributed by atoms with van der Waals surface area (Å²) in [5.41, 5.74) is 0. The molecule has 0 aromatic heterocycles. The maximum absolute atomic E-state index is 11.4. The van der Waals surface area contributed by atoms with Gasteiger partial charge in [-0.25, -0.2) is 0 Å². The SMILES string of the molecule is CC(C#N)CC(SC(=O)SCCC(=O)O)C(=O)O. The lowest BCUT2D eigenvalue weighted by Crippen LogP contribution is -2.20. The van der Waals surface area contributed by atoms with E-state index in [2.05, 4.69) is 0 Å². The van der Waals surface area contributed by atoms with Crippen molar-refractivity contribution in [2.45, 2.75) is 25.0 Å². The predicted molar refractivity (Wildman–Crippen MR) is 68.5 cm³/mol. The van der Waals surface area contributed by atoms with Crippen molar-refractivity contribution in [1.29, 1.82) is 5.26 Å². The van der Waals surface area contributed by atoms with Gasteiger partial charge in [0.05, 0.1) is 12.5 Å². The van der Waals surface area contributed by atoms with Gasteiger partial charge in [-0.15, -0.1) is 0 Å². The van der Waals surface area contributed by atoms with Crippen LogP contribution in [0.4, 0.5) is 4.79 Å². The van der Waals surface area contributed by atoms with E-state index in [-0.39, 0.29) is 18.6 Å². The minimum atomic E-state index is -1.14. The van der Waals surface area contributed by atoms with Crippen molar-refractivity contribution in [2.24, 2.45) is 5.92 Å². The highest BCUT2D eigenvalue weighted by atomic mass is 32.2. The molecule has 6 nitrogen and oxygen atoms in total. The van der Waals surface area contributed by atoms with Gasteiger partial charge >= 0.3 is 11.9 Å². The summed E-state index contributed by atoms with van der Waals surface area (Å²) in [5.74, 6) is -2.49. The first-order valence-electron chi connectivity index (χ1n) is 5.04. The molecule has 0 saturated heterocycles. The zero-order valence-electron chi connectivity index (χ0n) is 9.66. The standard InChI is InChI=1S/C10H13NO5S2/c1-6(5-11)4-7(9(14)15)18-10(16)17-3-2-8(12)13/h6-7H,2-4H2,1H3,(H,12,13)(H,14,15). The Bertz CT molecular complexity index is 366. The fraction of sp³-hybridized carbons (Fsp3) is 0.600. The van der Waals surface area contributed by atoms with Crippen LogP contribution in [-0.4, -0.2) is 37.6 Å². The van der Waals surface area contributed by atoms with Crippen molar-refractivity contribution in [1.82, 2.24) is 0 Å². The first kappa shape index (κ1) is 16.8. The van der Waals surface area contributed by atoms with E-state index in [0.717, 1.165) is 11.8 Å². The van der Waals surface area contributed by atoms with Gasteiger partial charge in [0.15, 0.2) is 0 Å². The molecule has 0 aliphatic heterocycles. The van der Waals surface area contributed by atoms with Crippen molar-refractivity contribution in [3.8, 4) is 6.07 Å². The van der Waals surface area contributed by atoms with E-state index in [4.69, 9.17) is 15.5 Å². The van der Waals surface area contributed by atoms with Gasteiger partial charge in [-0.2, -0.15) is 5.26 Å². The van der Waals surface area contributed by atoms with Crippen LogP contribution in [0.2, 0.25) is 0 Å². The Kier molecular flexibility index (Phi) is 8.24. The van der Waals surface area contributed by atoms with Crippen LogP contribution in [0.5, 0.6) is 0 Å². The van der Waals surface area contributed by atoms with E-state index < -0.39 is 27.6 Å². The molecule has 0 aromatic rings. The molecule has 0 amide bonds. The summed E-state index contributed by atoms with van der Waals surface area (Å²) >= 11 is 1.41. The van der Waals surface area contributed by atoms with Crippen LogP contribution in [-0.2, 0) is 9.59 Å². The van der Waals surface area contributed by atoms with E-state index in [0.29, 0.717) is 11.8 Å². The van der Waals surface area contributed by atoms with Crippen LogP contribution in [0, 0.1) is 17.2 Å². The molecule has 0 saturated carbocycles. The number of thioether (sulfide) groups is 2. The molecular formula is C10H13NO5S2. The summed E-state index contributed by atoms with van der Waals surface area (Å²) < 4.78 is -0.436. The molecule has 8 heteroatoms. The third-order valence-electron chi connectivity index (χ3n) is 1.84. The fourth-order valence-electron chi connectivity index (χ4n) is 0.945. The van der Waals surface area contributed by atoms with Crippen molar-refractivity contribution in [2.75, 3.05) is 5.75 Å². The minimum Gasteiger partial charge on any atom is -0.481 e. The van der Waals surface area contributed by atoms with E-state index in [1.165, 1.54) is 0 Å². The smallest absolute Gasteiger partial charge is 0.317 e. The van der Waals surface area contributed by atoms with Crippen LogP contribution < -0.4 is 0 Å². The summed E-state index contributed by atoms with van der Waals surface area (Å²) in [5, 5.41) is 24.9. The predicted octanol–water partition coefficient (Wildman–Crippen LogP) is 2.05. The van der Waals surface area contributed by atoms with Gasteiger partial charge in [0.25, 0.3) is 0 Å². The molecular weight excluding hydrogens is 278 g/mol. The zero-order chi connectivity index (χ0) is 14.1. The Labute approximate surface area is 113 Å². The first-order valence-corrected chi connectivity index (χ1v) is 6.91. The molecule has 100 valence electrons. The molecule has 2 unspecified atom stereocenters. The minimum absolute atomic E-state index is 0.0851. The Hall–Kier alpha value is -1.20. The molecule has 18 heavy (non-hydrogen) atoms. The highest BCUT2D eigenvalue weighted by molar-refractivity contribution is 8.39. The van der Waals surface area contributed by atoms with Gasteiger partial charge in [-0.1, -0.05) is 23.5 Å². The molecule has 0 spiro atoms. The number of nitrogens with zero attached hydrogens (tertiary/aromatic N) is 1. The molecule has 0 heterocycles. The number of hydrogen-bond acceptors (Lipinski definition) is 6. The van der Waals surface area contributed by atoms with Crippen molar-refractivity contribution >= 4 is 39.9 Å². The highest BCUT2D eigenvalue weighted by Crippen LogP contribution is 2.26. The summed E-state index contributed by atoms with van der Waals surface area (Å²) in [6, 6.07) is 1.91. The molecule has 0 aromatic carbocycles. The molecule has 0 rings (SSSR count). The molecule has 0 fully saturated rings. The summed E-state index contributed by atoms with van der Waals surface area (Å²) in [7, 11) is 0. The Morgan fingerprint density at radius 2 is 1.94 bits per heavy atom. The van der Waals surface area contributed by atoms with Crippen molar-refractivity contribution in [3.05, 3.63) is 0 Å². The topological polar surface area (TPSA) is 115 Å². The quantitative estimate of drug-likeness (QED) is 0.732. The van der Waals surface area contributed by atoms with Crippen LogP contribution in [0.3, 0.4) is 0 Å². The van der Waals surface area contributed by atoms with Gasteiger partial charge in [0.1, 0.15) is 5.25 Å². The third-order valence-corrected chi connectivity index (χ3v) is 4.00. The van der Waals surface area contributed by atoms with Crippen molar-refractivity contribution in [3.63, 3.8) is 0 Å². The summed E-state index contributed by atoms with van der Waals surface area (Å²) in [6.07, 6.45) is -0.0645. The molecule has 2 atom stereocenters. The lowest BCUT2D eigenvalue weighted by molar-refractivity contribution is -0.137. The largest absolute Gasteiger partial charge is 0.481 e. The molecule has 0 aliphatic carbocycles. The van der Waals surface area contributed by atoms with Crippen molar-refractivity contribution < 1.29 is 24.6 Å². The number of rotatable bonds is 7. The van der Waals surface area contributed by atoms with Gasteiger partial charge in [0.2, 0.25) is 4.45 Å². The normalized spacial score (nSPS) is 13.3. The number of aliphatic carboxylic acids is 2. The maximum atomic E-state index is 11.4. The van der Waals surface area contributed by atoms with Crippen LogP contribution in [0.25, 0.3) is 0 Å². The van der Waals surface area contributed by atoms with Gasteiger partial charge < -0.3 is 10.2 Å². The lowest BCUT2D eigenvalue weighted by Gasteiger charge is -2.11. The zero-order valence-corrected chi connectivity index (χ0v) is 11.3. The highest BCUT2D eigenvalue weighted by Gasteiger charge is 2.24. The summed E-state index contributed by atoms with van der Waals surface area (Å²) in [6.45, 7) is 1.58. The Balaban J connectivity index is 4.17. The monoisotopic (exact) mass is 291 g/mol. The van der Waals surface area contributed by atoms with Gasteiger partial charge in [-0.05, 0) is 13.3 Å². The average Bonchev–Trinajstić information content (AvgIpc) is 2.27. The average molecular weight is 291 g/mol. The first-order chi connectivity index (χ1) is 8.36. The second kappa shape index (κ2) is 8.83. The lowest BCUT2D eigenvalue weighted by atomic mass is 10.1.